The molecule has 4 heteroatoms. The van der Waals surface area contributed by atoms with E-state index in [9.17, 15) is 9.59 Å². The Morgan fingerprint density at radius 3 is 2.42 bits per heavy atom. The number of nitrogens with one attached hydrogen (secondary N) is 2. The van der Waals surface area contributed by atoms with Gasteiger partial charge in [0.1, 0.15) is 0 Å². The van der Waals surface area contributed by atoms with Crippen molar-refractivity contribution in [2.75, 3.05) is 0 Å². The minimum absolute atomic E-state index is 0.00922. The molecule has 0 spiro atoms. The van der Waals surface area contributed by atoms with E-state index in [4.69, 9.17) is 0 Å². The van der Waals surface area contributed by atoms with Crippen LogP contribution in [0, 0.1) is 0 Å². The molecular weight excluding hydrogens is 324 g/mol. The summed E-state index contributed by atoms with van der Waals surface area (Å²) in [4.78, 5) is 27.1. The highest BCUT2D eigenvalue weighted by atomic mass is 16.2. The summed E-state index contributed by atoms with van der Waals surface area (Å²) in [6, 6.07) is 12.4. The molecular formula is C22H24N2O2. The lowest BCUT2D eigenvalue weighted by atomic mass is 9.97. The van der Waals surface area contributed by atoms with Crippen LogP contribution in [0.3, 0.4) is 0 Å². The molecule has 2 fully saturated rings. The van der Waals surface area contributed by atoms with Gasteiger partial charge in [0.25, 0.3) is 5.56 Å². The van der Waals surface area contributed by atoms with E-state index in [1.165, 1.54) is 5.56 Å². The van der Waals surface area contributed by atoms with Crippen LogP contribution in [0.1, 0.15) is 60.9 Å². The minimum atomic E-state index is 0.00922. The Hall–Kier alpha value is -2.62. The predicted octanol–water partition coefficient (Wildman–Crippen LogP) is 3.53. The topological polar surface area (TPSA) is 62.0 Å². The fourth-order valence-electron chi connectivity index (χ4n) is 3.58. The van der Waals surface area contributed by atoms with E-state index < -0.39 is 0 Å². The first-order valence-corrected chi connectivity index (χ1v) is 9.48. The maximum Gasteiger partial charge on any atom is 0.251 e. The quantitative estimate of drug-likeness (QED) is 0.868. The van der Waals surface area contributed by atoms with Crippen LogP contribution in [-0.4, -0.2) is 16.9 Å². The average molecular weight is 348 g/mol. The molecule has 1 aliphatic heterocycles. The van der Waals surface area contributed by atoms with Crippen LogP contribution < -0.4 is 10.9 Å². The summed E-state index contributed by atoms with van der Waals surface area (Å²) in [5, 5.41) is 2.99. The second-order valence-corrected chi connectivity index (χ2v) is 7.27. The van der Waals surface area contributed by atoms with Crippen LogP contribution in [-0.2, 0) is 11.2 Å². The van der Waals surface area contributed by atoms with Crippen molar-refractivity contribution in [3.63, 3.8) is 0 Å². The summed E-state index contributed by atoms with van der Waals surface area (Å²) in [6.45, 7) is 2.13. The third-order valence-electron chi connectivity index (χ3n) is 5.32. The summed E-state index contributed by atoms with van der Waals surface area (Å²) in [5.41, 5.74) is 5.02. The maximum absolute atomic E-state index is 12.5. The Labute approximate surface area is 153 Å². The first-order chi connectivity index (χ1) is 12.6. The van der Waals surface area contributed by atoms with Crippen molar-refractivity contribution < 1.29 is 4.79 Å². The number of carbonyl (C=O) groups excluding carboxylic acids is 1. The van der Waals surface area contributed by atoms with Gasteiger partial charge in [-0.1, -0.05) is 43.3 Å². The van der Waals surface area contributed by atoms with Gasteiger partial charge in [0, 0.05) is 29.3 Å². The molecule has 1 atom stereocenters. The van der Waals surface area contributed by atoms with Gasteiger partial charge in [0.05, 0.1) is 0 Å². The van der Waals surface area contributed by atoms with Crippen molar-refractivity contribution in [1.82, 2.24) is 10.3 Å². The average Bonchev–Trinajstić information content (AvgIpc) is 3.41. The highest BCUT2D eigenvalue weighted by Gasteiger charge is 2.26. The molecule has 4 nitrogen and oxygen atoms in total. The molecule has 1 saturated carbocycles. The predicted molar refractivity (Wildman–Crippen MR) is 103 cm³/mol. The van der Waals surface area contributed by atoms with E-state index in [-0.39, 0.29) is 17.5 Å². The summed E-state index contributed by atoms with van der Waals surface area (Å²) < 4.78 is 0. The molecule has 0 radical (unpaired) electrons. The Balaban J connectivity index is 1.74. The lowest BCUT2D eigenvalue weighted by Crippen LogP contribution is -2.23. The van der Waals surface area contributed by atoms with Crippen LogP contribution >= 0.6 is 0 Å². The van der Waals surface area contributed by atoms with E-state index >= 15 is 0 Å². The van der Waals surface area contributed by atoms with Crippen molar-refractivity contribution in [2.24, 2.45) is 0 Å². The lowest BCUT2D eigenvalue weighted by molar-refractivity contribution is -0.119. The summed E-state index contributed by atoms with van der Waals surface area (Å²) >= 11 is 0. The van der Waals surface area contributed by atoms with Gasteiger partial charge < -0.3 is 10.3 Å². The number of rotatable bonds is 5. The summed E-state index contributed by atoms with van der Waals surface area (Å²) in [6.07, 6.45) is 6.63. The number of hydrogen-bond acceptors (Lipinski definition) is 2. The van der Waals surface area contributed by atoms with Crippen LogP contribution in [0.15, 0.2) is 47.3 Å². The zero-order chi connectivity index (χ0) is 18.1. The van der Waals surface area contributed by atoms with Gasteiger partial charge in [-0.25, -0.2) is 0 Å². The van der Waals surface area contributed by atoms with Crippen LogP contribution in [0.5, 0.6) is 0 Å². The van der Waals surface area contributed by atoms with E-state index in [1.807, 2.05) is 12.1 Å². The molecule has 2 aliphatic rings. The van der Waals surface area contributed by atoms with Crippen molar-refractivity contribution in [2.45, 2.75) is 51.0 Å². The van der Waals surface area contributed by atoms with Gasteiger partial charge in [0.15, 0.2) is 0 Å². The molecule has 1 aliphatic carbocycles. The number of benzene rings is 1. The molecule has 2 heterocycles. The third-order valence-corrected chi connectivity index (χ3v) is 5.32. The molecule has 1 aromatic heterocycles. The Kier molecular flexibility index (Phi) is 4.49. The minimum Gasteiger partial charge on any atom is -0.350 e. The number of hydrogen-bond donors (Lipinski definition) is 2. The fourth-order valence-corrected chi connectivity index (χ4v) is 3.58. The van der Waals surface area contributed by atoms with Gasteiger partial charge in [-0.05, 0) is 48.8 Å². The first kappa shape index (κ1) is 16.8. The molecule has 0 unspecified atom stereocenters. The zero-order valence-electron chi connectivity index (χ0n) is 15.0. The summed E-state index contributed by atoms with van der Waals surface area (Å²) in [7, 11) is 0. The van der Waals surface area contributed by atoms with E-state index in [0.717, 1.165) is 48.1 Å². The van der Waals surface area contributed by atoms with E-state index in [1.54, 1.807) is 0 Å². The van der Waals surface area contributed by atoms with Crippen LogP contribution in [0.4, 0.5) is 0 Å². The fraction of sp³-hybridized carbons (Fsp3) is 0.364. The molecule has 4 rings (SSSR count). The normalized spacial score (nSPS) is 20.3. The smallest absolute Gasteiger partial charge is 0.251 e. The second-order valence-electron chi connectivity index (χ2n) is 7.27. The van der Waals surface area contributed by atoms with Crippen molar-refractivity contribution >= 4 is 11.5 Å². The molecule has 134 valence electrons. The summed E-state index contributed by atoms with van der Waals surface area (Å²) in [5.74, 6) is 0.516. The number of carbonyl (C=O) groups is 1. The van der Waals surface area contributed by atoms with Crippen LogP contribution in [0.25, 0.3) is 5.57 Å². The lowest BCUT2D eigenvalue weighted by Gasteiger charge is -2.13. The van der Waals surface area contributed by atoms with Gasteiger partial charge in [-0.3, -0.25) is 9.59 Å². The number of aromatic nitrogens is 1. The van der Waals surface area contributed by atoms with Crippen molar-refractivity contribution in [3.05, 3.63) is 75.2 Å². The first-order valence-electron chi connectivity index (χ1n) is 9.48. The molecule has 1 aromatic carbocycles. The van der Waals surface area contributed by atoms with Gasteiger partial charge in [0.2, 0.25) is 5.91 Å². The molecule has 2 aromatic rings. The van der Waals surface area contributed by atoms with Gasteiger partial charge in [-0.15, -0.1) is 0 Å². The number of aryl methyl sites for hydroxylation is 1. The van der Waals surface area contributed by atoms with Crippen molar-refractivity contribution in [3.8, 4) is 0 Å². The monoisotopic (exact) mass is 348 g/mol. The Bertz CT molecular complexity index is 904. The molecule has 1 amide bonds. The highest BCUT2D eigenvalue weighted by molar-refractivity contribution is 5.82. The Morgan fingerprint density at radius 1 is 1.08 bits per heavy atom. The molecule has 26 heavy (non-hydrogen) atoms. The largest absolute Gasteiger partial charge is 0.350 e. The Morgan fingerprint density at radius 2 is 1.85 bits per heavy atom. The molecule has 0 bridgehead atoms. The number of aromatic amines is 1. The second kappa shape index (κ2) is 6.94. The van der Waals surface area contributed by atoms with Crippen molar-refractivity contribution in [1.29, 1.82) is 0 Å². The molecule has 2 N–H and O–H groups in total. The zero-order valence-corrected chi connectivity index (χ0v) is 15.0. The number of pyridine rings is 1. The van der Waals surface area contributed by atoms with Gasteiger partial charge in [-0.2, -0.15) is 0 Å². The molecule has 1 saturated heterocycles. The van der Waals surface area contributed by atoms with Gasteiger partial charge >= 0.3 is 0 Å². The highest BCUT2D eigenvalue weighted by Crippen LogP contribution is 2.38. The number of amides is 1. The number of H-pyrrole nitrogens is 1. The van der Waals surface area contributed by atoms with E-state index in [2.05, 4.69) is 47.6 Å². The standard InChI is InChI=1S/C22H24N2O2/c1-2-14-3-5-16(6-4-14)19(13-17-9-12-21(25)23-17)20-11-10-18(15-7-8-15)22(26)24-20/h3-6,10-11,13,15,17H,2,7-9,12H2,1H3,(H,23,25)(H,24,26)/b19-13-/t17-/m1/s1. The van der Waals surface area contributed by atoms with Crippen LogP contribution in [0.2, 0.25) is 0 Å². The SMILES string of the molecule is CCc1ccc(/C(=C/[C@H]2CCC(=O)N2)c2ccc(C3CC3)c(=O)[nH]2)cc1. The maximum atomic E-state index is 12.5. The third kappa shape index (κ3) is 3.50. The van der Waals surface area contributed by atoms with E-state index in [0.29, 0.717) is 12.3 Å².